The molecule has 5 heteroatoms. The van der Waals surface area contributed by atoms with E-state index in [1.807, 2.05) is 30.3 Å². The normalized spacial score (nSPS) is 12.8. The summed E-state index contributed by atoms with van der Waals surface area (Å²) in [6, 6.07) is 12.8. The first-order chi connectivity index (χ1) is 11.8. The van der Waals surface area contributed by atoms with Gasteiger partial charge in [-0.05, 0) is 35.7 Å². The zero-order chi connectivity index (χ0) is 16.1. The van der Waals surface area contributed by atoms with Gasteiger partial charge in [-0.1, -0.05) is 12.1 Å². The van der Waals surface area contributed by atoms with Gasteiger partial charge < -0.3 is 13.9 Å². The molecular formula is C19H11NO4. The topological polar surface area (TPSA) is 61.6 Å². The molecule has 0 atom stereocenters. The van der Waals surface area contributed by atoms with Crippen LogP contribution in [0.5, 0.6) is 11.5 Å². The van der Waals surface area contributed by atoms with E-state index in [1.54, 1.807) is 18.3 Å². The molecule has 24 heavy (non-hydrogen) atoms. The maximum Gasteiger partial charge on any atom is 0.231 e. The summed E-state index contributed by atoms with van der Waals surface area (Å²) in [7, 11) is 0. The van der Waals surface area contributed by atoms with Crippen LogP contribution in [-0.2, 0) is 0 Å². The maximum absolute atomic E-state index is 13.1. The molecule has 0 saturated carbocycles. The number of aromatic nitrogens is 1. The molecule has 1 aliphatic rings. The van der Waals surface area contributed by atoms with E-state index in [4.69, 9.17) is 13.9 Å². The molecule has 0 bridgehead atoms. The van der Waals surface area contributed by atoms with E-state index in [0.29, 0.717) is 33.7 Å². The molecule has 0 N–H and O–H groups in total. The summed E-state index contributed by atoms with van der Waals surface area (Å²) in [5, 5.41) is 2.20. The van der Waals surface area contributed by atoms with E-state index in [2.05, 4.69) is 4.98 Å². The van der Waals surface area contributed by atoms with Crippen LogP contribution >= 0.6 is 0 Å². The van der Waals surface area contributed by atoms with Crippen molar-refractivity contribution in [1.29, 1.82) is 0 Å². The van der Waals surface area contributed by atoms with Crippen LogP contribution in [0.1, 0.15) is 0 Å². The molecule has 0 amide bonds. The van der Waals surface area contributed by atoms with Crippen molar-refractivity contribution in [3.05, 3.63) is 65.1 Å². The van der Waals surface area contributed by atoms with Crippen molar-refractivity contribution < 1.29 is 13.9 Å². The van der Waals surface area contributed by atoms with E-state index in [9.17, 15) is 4.79 Å². The van der Waals surface area contributed by atoms with Gasteiger partial charge in [-0.15, -0.1) is 0 Å². The summed E-state index contributed by atoms with van der Waals surface area (Å²) in [5.41, 5.74) is 1.45. The standard InChI is InChI=1S/C19H11NO4/c21-19-13(14-3-1-2-6-20-14)9-22-15-5-4-11-7-16-17(24-10-23-16)8-12(11)18(15)19/h1-9H,10H2. The molecule has 0 aliphatic carbocycles. The fourth-order valence-corrected chi connectivity index (χ4v) is 3.04. The van der Waals surface area contributed by atoms with Crippen molar-refractivity contribution in [3.63, 3.8) is 0 Å². The van der Waals surface area contributed by atoms with Crippen molar-refractivity contribution >= 4 is 21.7 Å². The lowest BCUT2D eigenvalue weighted by Gasteiger charge is -2.06. The fraction of sp³-hybridized carbons (Fsp3) is 0.0526. The van der Waals surface area contributed by atoms with Gasteiger partial charge >= 0.3 is 0 Å². The lowest BCUT2D eigenvalue weighted by Crippen LogP contribution is -2.06. The Morgan fingerprint density at radius 1 is 1.00 bits per heavy atom. The molecule has 0 radical (unpaired) electrons. The van der Waals surface area contributed by atoms with Gasteiger partial charge in [0.15, 0.2) is 11.5 Å². The van der Waals surface area contributed by atoms with Crippen molar-refractivity contribution in [1.82, 2.24) is 4.98 Å². The summed E-state index contributed by atoms with van der Waals surface area (Å²) in [5.74, 6) is 1.32. The zero-order valence-corrected chi connectivity index (χ0v) is 12.5. The van der Waals surface area contributed by atoms with Crippen LogP contribution < -0.4 is 14.9 Å². The Balaban J connectivity index is 1.89. The van der Waals surface area contributed by atoms with Gasteiger partial charge in [0, 0.05) is 11.6 Å². The smallest absolute Gasteiger partial charge is 0.231 e. The van der Waals surface area contributed by atoms with Gasteiger partial charge in [-0.3, -0.25) is 9.78 Å². The van der Waals surface area contributed by atoms with E-state index in [-0.39, 0.29) is 12.2 Å². The first kappa shape index (κ1) is 13.1. The molecule has 2 aromatic heterocycles. The largest absolute Gasteiger partial charge is 0.463 e. The maximum atomic E-state index is 13.1. The van der Waals surface area contributed by atoms with Crippen molar-refractivity contribution in [2.45, 2.75) is 0 Å². The summed E-state index contributed by atoms with van der Waals surface area (Å²) < 4.78 is 16.5. The number of nitrogens with zero attached hydrogens (tertiary/aromatic N) is 1. The highest BCUT2D eigenvalue weighted by molar-refractivity contribution is 6.07. The highest BCUT2D eigenvalue weighted by Crippen LogP contribution is 2.38. The Hall–Kier alpha value is -3.34. The van der Waals surface area contributed by atoms with E-state index in [0.717, 1.165) is 10.8 Å². The predicted molar refractivity (Wildman–Crippen MR) is 89.3 cm³/mol. The SMILES string of the molecule is O=c1c(-c2ccccn2)coc2ccc3cc4c(cc3c12)OCO4. The van der Waals surface area contributed by atoms with E-state index < -0.39 is 0 Å². The van der Waals surface area contributed by atoms with Gasteiger partial charge in [0.1, 0.15) is 11.8 Å². The molecule has 0 unspecified atom stereocenters. The fourth-order valence-electron chi connectivity index (χ4n) is 3.04. The highest BCUT2D eigenvalue weighted by Gasteiger charge is 2.18. The lowest BCUT2D eigenvalue weighted by atomic mass is 10.0. The third-order valence-corrected chi connectivity index (χ3v) is 4.19. The molecule has 5 rings (SSSR count). The van der Waals surface area contributed by atoms with Gasteiger partial charge in [-0.2, -0.15) is 0 Å². The molecule has 116 valence electrons. The Kier molecular flexibility index (Phi) is 2.64. The van der Waals surface area contributed by atoms with Crippen LogP contribution in [0, 0.1) is 0 Å². The number of fused-ring (bicyclic) bond motifs is 4. The van der Waals surface area contributed by atoms with Crippen molar-refractivity contribution in [3.8, 4) is 22.8 Å². The lowest BCUT2D eigenvalue weighted by molar-refractivity contribution is 0.174. The van der Waals surface area contributed by atoms with Crippen LogP contribution in [0.15, 0.2) is 64.1 Å². The van der Waals surface area contributed by atoms with Gasteiger partial charge in [0.2, 0.25) is 12.2 Å². The Morgan fingerprint density at radius 3 is 2.71 bits per heavy atom. The minimum absolute atomic E-state index is 0.112. The summed E-state index contributed by atoms with van der Waals surface area (Å²) in [6.45, 7) is 0.192. The van der Waals surface area contributed by atoms with Crippen LogP contribution in [0.2, 0.25) is 0 Å². The Labute approximate surface area is 136 Å². The summed E-state index contributed by atoms with van der Waals surface area (Å²) >= 11 is 0. The number of rotatable bonds is 1. The third-order valence-electron chi connectivity index (χ3n) is 4.19. The van der Waals surface area contributed by atoms with Crippen molar-refractivity contribution in [2.75, 3.05) is 6.79 Å². The van der Waals surface area contributed by atoms with Crippen LogP contribution in [0.25, 0.3) is 33.0 Å². The second kappa shape index (κ2) is 4.83. The molecule has 1 aliphatic heterocycles. The minimum Gasteiger partial charge on any atom is -0.463 e. The number of benzene rings is 2. The van der Waals surface area contributed by atoms with Crippen LogP contribution in [0.4, 0.5) is 0 Å². The molecule has 5 nitrogen and oxygen atoms in total. The number of pyridine rings is 1. The summed E-state index contributed by atoms with van der Waals surface area (Å²) in [4.78, 5) is 17.3. The number of ether oxygens (including phenoxy) is 2. The molecular weight excluding hydrogens is 306 g/mol. The molecule has 2 aromatic carbocycles. The predicted octanol–water partition coefficient (Wildman–Crippen LogP) is 3.74. The molecule has 0 saturated heterocycles. The van der Waals surface area contributed by atoms with Crippen LogP contribution in [0.3, 0.4) is 0 Å². The van der Waals surface area contributed by atoms with E-state index in [1.165, 1.54) is 6.26 Å². The monoisotopic (exact) mass is 317 g/mol. The Bertz CT molecular complexity index is 1150. The first-order valence-electron chi connectivity index (χ1n) is 7.50. The molecule has 3 heterocycles. The summed E-state index contributed by atoms with van der Waals surface area (Å²) in [6.07, 6.45) is 3.12. The van der Waals surface area contributed by atoms with Gasteiger partial charge in [0.05, 0.1) is 16.6 Å². The second-order valence-electron chi connectivity index (χ2n) is 5.56. The minimum atomic E-state index is -0.112. The average Bonchev–Trinajstić information content (AvgIpc) is 3.08. The van der Waals surface area contributed by atoms with Gasteiger partial charge in [0.25, 0.3) is 0 Å². The van der Waals surface area contributed by atoms with Gasteiger partial charge in [-0.25, -0.2) is 0 Å². The quantitative estimate of drug-likeness (QED) is 0.501. The first-order valence-corrected chi connectivity index (χ1v) is 7.50. The molecule has 0 fully saturated rings. The van der Waals surface area contributed by atoms with Crippen LogP contribution in [-0.4, -0.2) is 11.8 Å². The zero-order valence-electron chi connectivity index (χ0n) is 12.5. The third kappa shape index (κ3) is 1.81. The number of hydrogen-bond acceptors (Lipinski definition) is 5. The highest BCUT2D eigenvalue weighted by atomic mass is 16.7. The Morgan fingerprint density at radius 2 is 1.88 bits per heavy atom. The number of hydrogen-bond donors (Lipinski definition) is 0. The molecule has 0 spiro atoms. The van der Waals surface area contributed by atoms with Crippen molar-refractivity contribution in [2.24, 2.45) is 0 Å². The average molecular weight is 317 g/mol. The second-order valence-corrected chi connectivity index (χ2v) is 5.56. The molecule has 4 aromatic rings. The van der Waals surface area contributed by atoms with E-state index >= 15 is 0 Å².